The van der Waals surface area contributed by atoms with Crippen LogP contribution < -0.4 is 11.1 Å². The Morgan fingerprint density at radius 1 is 1.30 bits per heavy atom. The summed E-state index contributed by atoms with van der Waals surface area (Å²) in [5, 5.41) is 15.0. The van der Waals surface area contributed by atoms with Crippen LogP contribution in [0.2, 0.25) is 0 Å². The Morgan fingerprint density at radius 2 is 2.09 bits per heavy atom. The molecule has 0 fully saturated rings. The van der Waals surface area contributed by atoms with E-state index in [0.717, 1.165) is 44.9 Å². The lowest BCUT2D eigenvalue weighted by atomic mass is 10.0. The number of aliphatic hydroxyl groups is 1. The quantitative estimate of drug-likeness (QED) is 0.294. The largest absolute Gasteiger partial charge is 0.611 e. The first-order valence-corrected chi connectivity index (χ1v) is 13.6. The molecule has 0 saturated carbocycles. The molecule has 0 radical (unpaired) electrons. The number of anilines is 1. The van der Waals surface area contributed by atoms with Crippen LogP contribution in [-0.2, 0) is 11.2 Å². The highest BCUT2D eigenvalue weighted by atomic mass is 32.2. The summed E-state index contributed by atoms with van der Waals surface area (Å²) in [6.45, 7) is 2.16. The lowest BCUT2D eigenvalue weighted by Crippen LogP contribution is -2.26. The average molecular weight is 501 g/mol. The van der Waals surface area contributed by atoms with Gasteiger partial charge in [-0.05, 0) is 46.9 Å². The molecule has 0 bridgehead atoms. The summed E-state index contributed by atoms with van der Waals surface area (Å²) in [6.07, 6.45) is 3.57. The second-order valence-corrected chi connectivity index (χ2v) is 11.0. The van der Waals surface area contributed by atoms with E-state index in [9.17, 15) is 9.35 Å². The van der Waals surface area contributed by atoms with Crippen molar-refractivity contribution in [2.24, 2.45) is 0 Å². The molecule has 0 saturated heterocycles. The molecule has 0 aliphatic carbocycles. The summed E-state index contributed by atoms with van der Waals surface area (Å²) < 4.78 is 13.6. The number of hydrogen-bond acceptors (Lipinski definition) is 8. The van der Waals surface area contributed by atoms with Gasteiger partial charge >= 0.3 is 0 Å². The maximum Gasteiger partial charge on any atom is 0.251 e. The van der Waals surface area contributed by atoms with E-state index in [4.69, 9.17) is 15.8 Å². The number of fused-ring (bicyclic) bond motifs is 1. The Balaban J connectivity index is 1.81. The monoisotopic (exact) mass is 500 g/mol. The number of pyridine rings is 1. The number of rotatable bonds is 9. The zero-order chi connectivity index (χ0) is 23.4. The number of nitrogens with one attached hydrogen (secondary N) is 1. The minimum atomic E-state index is -1.18. The number of nitrogens with zero attached hydrogens (tertiary/aromatic N) is 2. The Kier molecular flexibility index (Phi) is 7.61. The summed E-state index contributed by atoms with van der Waals surface area (Å²) in [7, 11) is 0. The van der Waals surface area contributed by atoms with Crippen molar-refractivity contribution in [3.8, 4) is 21.8 Å². The molecule has 3 aromatic heterocycles. The van der Waals surface area contributed by atoms with E-state index in [2.05, 4.69) is 17.2 Å². The first kappa shape index (κ1) is 23.7. The predicted octanol–water partition coefficient (Wildman–Crippen LogP) is 4.30. The van der Waals surface area contributed by atoms with Gasteiger partial charge in [0.1, 0.15) is 27.0 Å². The van der Waals surface area contributed by atoms with Crippen molar-refractivity contribution in [3.05, 3.63) is 47.5 Å². The van der Waals surface area contributed by atoms with Crippen LogP contribution >= 0.6 is 22.7 Å². The molecule has 0 aliphatic rings. The van der Waals surface area contributed by atoms with Gasteiger partial charge in [0.2, 0.25) is 4.21 Å². The van der Waals surface area contributed by atoms with Gasteiger partial charge in [-0.25, -0.2) is 9.97 Å². The number of benzene rings is 1. The maximum absolute atomic E-state index is 12.9. The Bertz CT molecular complexity index is 1240. The van der Waals surface area contributed by atoms with E-state index < -0.39 is 11.2 Å². The number of nitrogen functional groups attached to an aromatic ring is 1. The molecule has 1 aromatic carbocycles. The van der Waals surface area contributed by atoms with Crippen LogP contribution in [-0.4, -0.2) is 44.4 Å². The number of amides is 1. The van der Waals surface area contributed by atoms with Crippen LogP contribution in [0.3, 0.4) is 0 Å². The topological polar surface area (TPSA) is 124 Å². The van der Waals surface area contributed by atoms with Gasteiger partial charge in [-0.15, -0.1) is 11.3 Å². The number of carbonyl (C=O) groups is 1. The van der Waals surface area contributed by atoms with Gasteiger partial charge in [-0.2, -0.15) is 0 Å². The third-order valence-electron chi connectivity index (χ3n) is 5.06. The number of unbranched alkanes of at least 4 members (excludes halogenated alkanes) is 1. The van der Waals surface area contributed by atoms with Gasteiger partial charge in [0.25, 0.3) is 5.91 Å². The molecule has 4 aromatic rings. The predicted molar refractivity (Wildman–Crippen MR) is 136 cm³/mol. The van der Waals surface area contributed by atoms with Gasteiger partial charge in [0.05, 0.1) is 6.61 Å². The first-order chi connectivity index (χ1) is 16.0. The fourth-order valence-corrected chi connectivity index (χ4v) is 6.79. The van der Waals surface area contributed by atoms with Gasteiger partial charge in [-0.3, -0.25) is 4.79 Å². The van der Waals surface area contributed by atoms with Gasteiger partial charge in [0, 0.05) is 29.1 Å². The van der Waals surface area contributed by atoms with E-state index in [1.165, 1.54) is 22.7 Å². The minimum absolute atomic E-state index is 0.113. The van der Waals surface area contributed by atoms with E-state index >= 15 is 0 Å². The second-order valence-electron chi connectivity index (χ2n) is 7.34. The van der Waals surface area contributed by atoms with Crippen molar-refractivity contribution < 1.29 is 14.5 Å². The number of hydrogen-bond donors (Lipinski definition) is 3. The molecule has 4 rings (SSSR count). The number of thiophene rings is 1. The van der Waals surface area contributed by atoms with Crippen molar-refractivity contribution >= 4 is 55.7 Å². The second kappa shape index (κ2) is 10.6. The third kappa shape index (κ3) is 5.04. The van der Waals surface area contributed by atoms with Crippen LogP contribution in [0.25, 0.3) is 32.0 Å². The van der Waals surface area contributed by atoms with Crippen molar-refractivity contribution in [1.82, 2.24) is 15.3 Å². The third-order valence-corrected chi connectivity index (χ3v) is 8.85. The van der Waals surface area contributed by atoms with Gasteiger partial charge < -0.3 is 20.7 Å². The molecular formula is C23H24N4O3S3. The molecule has 1 amide bonds. The van der Waals surface area contributed by atoms with Crippen molar-refractivity contribution in [2.45, 2.75) is 24.0 Å². The van der Waals surface area contributed by atoms with Gasteiger partial charge in [0.15, 0.2) is 0 Å². The molecule has 1 atom stereocenters. The van der Waals surface area contributed by atoms with E-state index in [1.807, 2.05) is 23.6 Å². The molecular weight excluding hydrogens is 476 g/mol. The highest BCUT2D eigenvalue weighted by Crippen LogP contribution is 2.43. The van der Waals surface area contributed by atoms with E-state index in [-0.39, 0.29) is 19.1 Å². The Morgan fingerprint density at radius 3 is 2.76 bits per heavy atom. The SMILES string of the molecule is CCCC[S+]([O-])c1sc2nc(-c3nccs3)cc(-c3ccc(C(=O)NCCO)cc3)c2c1N. The van der Waals surface area contributed by atoms with E-state index in [0.29, 0.717) is 21.2 Å². The lowest BCUT2D eigenvalue weighted by molar-refractivity contribution is 0.0945. The molecule has 0 spiro atoms. The summed E-state index contributed by atoms with van der Waals surface area (Å²) in [4.78, 5) is 22.1. The summed E-state index contributed by atoms with van der Waals surface area (Å²) in [6, 6.07) is 9.14. The molecule has 1 unspecified atom stereocenters. The summed E-state index contributed by atoms with van der Waals surface area (Å²) in [5.41, 5.74) is 9.98. The van der Waals surface area contributed by atoms with Crippen molar-refractivity contribution in [3.63, 3.8) is 0 Å². The Labute approximate surface area is 202 Å². The number of nitrogens with two attached hydrogens (primary N) is 1. The molecule has 4 N–H and O–H groups in total. The summed E-state index contributed by atoms with van der Waals surface area (Å²) in [5.74, 6) is 0.322. The lowest BCUT2D eigenvalue weighted by Gasteiger charge is -2.10. The molecule has 172 valence electrons. The number of carbonyl (C=O) groups excluding carboxylic acids is 1. The summed E-state index contributed by atoms with van der Waals surface area (Å²) >= 11 is 1.69. The smallest absolute Gasteiger partial charge is 0.251 e. The maximum atomic E-state index is 12.9. The fourth-order valence-electron chi connectivity index (χ4n) is 3.40. The molecule has 10 heteroatoms. The van der Waals surface area contributed by atoms with Crippen LogP contribution in [0.4, 0.5) is 5.69 Å². The standard InChI is InChI=1S/C23H24N4O3S3/c1-2-3-12-33(30)23-19(24)18-16(13-17(27-22(18)32-23)21-26-9-11-31-21)14-4-6-15(7-5-14)20(29)25-8-10-28/h4-7,9,11,13,28H,2-3,8,10,12,24H2,1H3,(H,25,29). The number of aliphatic hydroxyl groups excluding tert-OH is 1. The van der Waals surface area contributed by atoms with E-state index in [1.54, 1.807) is 18.3 Å². The van der Waals surface area contributed by atoms with Crippen LogP contribution in [0.15, 0.2) is 46.1 Å². The first-order valence-electron chi connectivity index (χ1n) is 10.5. The highest BCUT2D eigenvalue weighted by Gasteiger charge is 2.25. The van der Waals surface area contributed by atoms with Crippen LogP contribution in [0.1, 0.15) is 30.1 Å². The van der Waals surface area contributed by atoms with Crippen molar-refractivity contribution in [2.75, 3.05) is 24.6 Å². The van der Waals surface area contributed by atoms with Crippen LogP contribution in [0.5, 0.6) is 0 Å². The highest BCUT2D eigenvalue weighted by molar-refractivity contribution is 7.93. The normalized spacial score (nSPS) is 12.2. The van der Waals surface area contributed by atoms with Gasteiger partial charge in [-0.1, -0.05) is 36.8 Å². The average Bonchev–Trinajstić information content (AvgIpc) is 3.49. The molecule has 3 heterocycles. The number of thiazole rings is 1. The van der Waals surface area contributed by atoms with Crippen molar-refractivity contribution in [1.29, 1.82) is 0 Å². The molecule has 7 nitrogen and oxygen atoms in total. The fraction of sp³-hybridized carbons (Fsp3) is 0.261. The minimum Gasteiger partial charge on any atom is -0.611 e. The van der Waals surface area contributed by atoms with Crippen LogP contribution in [0, 0.1) is 0 Å². The number of aromatic nitrogens is 2. The molecule has 33 heavy (non-hydrogen) atoms. The zero-order valence-corrected chi connectivity index (χ0v) is 20.5. The molecule has 0 aliphatic heterocycles. The zero-order valence-electron chi connectivity index (χ0n) is 18.0. The Hall–Kier alpha value is -2.50.